The summed E-state index contributed by atoms with van der Waals surface area (Å²) in [5.41, 5.74) is 5.62. The number of rotatable bonds is 9. The van der Waals surface area contributed by atoms with Crippen molar-refractivity contribution in [3.8, 4) is 17.2 Å². The lowest BCUT2D eigenvalue weighted by molar-refractivity contribution is 0.311. The Balaban J connectivity index is 1.61. The fraction of sp³-hybridized carbons (Fsp3) is 0.192. The zero-order valence-corrected chi connectivity index (χ0v) is 20.1. The van der Waals surface area contributed by atoms with Crippen molar-refractivity contribution in [1.29, 1.82) is 0 Å². The average Bonchev–Trinajstić information content (AvgIpc) is 3.30. The molecule has 1 heterocycles. The van der Waals surface area contributed by atoms with Gasteiger partial charge in [0.25, 0.3) is 0 Å². The molecule has 0 spiro atoms. The molecule has 0 aliphatic rings. The van der Waals surface area contributed by atoms with Gasteiger partial charge < -0.3 is 14.2 Å². The smallest absolute Gasteiger partial charge is 0.183 e. The van der Waals surface area contributed by atoms with Crippen LogP contribution in [0.5, 0.6) is 17.2 Å². The Morgan fingerprint density at radius 3 is 2.50 bits per heavy atom. The van der Waals surface area contributed by atoms with Crippen LogP contribution >= 0.6 is 11.3 Å². The van der Waals surface area contributed by atoms with Crippen LogP contribution in [0.15, 0.2) is 76.8 Å². The van der Waals surface area contributed by atoms with Crippen LogP contribution in [0.25, 0.3) is 10.2 Å². The molecule has 0 unspecified atom stereocenters. The Bertz CT molecular complexity index is 1270. The number of nitrogens with zero attached hydrogens (tertiary/aromatic N) is 3. The van der Waals surface area contributed by atoms with Crippen LogP contribution in [0.1, 0.15) is 24.4 Å². The Morgan fingerprint density at radius 1 is 0.971 bits per heavy atom. The number of amidine groups is 1. The number of para-hydroxylation sites is 1. The molecule has 0 bridgehead atoms. The van der Waals surface area contributed by atoms with Crippen LogP contribution in [0.2, 0.25) is 0 Å². The minimum atomic E-state index is 0.555. The molecule has 0 aliphatic carbocycles. The highest BCUT2D eigenvalue weighted by Crippen LogP contribution is 2.27. The van der Waals surface area contributed by atoms with Crippen molar-refractivity contribution in [3.63, 3.8) is 0 Å². The highest BCUT2D eigenvalue weighted by atomic mass is 32.1. The van der Waals surface area contributed by atoms with Gasteiger partial charge in [-0.15, -0.1) is 11.3 Å². The van der Waals surface area contributed by atoms with Crippen LogP contribution < -0.4 is 19.6 Å². The number of nitrogens with one attached hydrogen (secondary N) is 1. The summed E-state index contributed by atoms with van der Waals surface area (Å²) in [6.45, 7) is 5.08. The van der Waals surface area contributed by atoms with Gasteiger partial charge in [0.2, 0.25) is 0 Å². The van der Waals surface area contributed by atoms with Crippen LogP contribution in [-0.4, -0.2) is 37.4 Å². The maximum Gasteiger partial charge on any atom is 0.183 e. The first-order valence-corrected chi connectivity index (χ1v) is 11.8. The van der Waals surface area contributed by atoms with Crippen LogP contribution in [-0.2, 0) is 0 Å². The van der Waals surface area contributed by atoms with Crippen molar-refractivity contribution in [2.45, 2.75) is 13.8 Å². The molecule has 0 amide bonds. The van der Waals surface area contributed by atoms with E-state index in [4.69, 9.17) is 24.2 Å². The van der Waals surface area contributed by atoms with Crippen LogP contribution in [0, 0.1) is 0 Å². The van der Waals surface area contributed by atoms with E-state index in [2.05, 4.69) is 10.5 Å². The van der Waals surface area contributed by atoms with Crippen molar-refractivity contribution in [2.75, 3.05) is 20.3 Å². The third kappa shape index (κ3) is 5.71. The quantitative estimate of drug-likeness (QED) is 0.188. The maximum atomic E-state index is 5.58. The molecule has 1 N–H and O–H groups in total. The average molecular weight is 475 g/mol. The summed E-state index contributed by atoms with van der Waals surface area (Å²) < 4.78 is 17.6. The molecule has 0 atom stereocenters. The molecule has 7 nitrogen and oxygen atoms in total. The van der Waals surface area contributed by atoms with Gasteiger partial charge in [-0.3, -0.25) is 5.43 Å². The van der Waals surface area contributed by atoms with Crippen molar-refractivity contribution in [2.24, 2.45) is 10.1 Å². The normalized spacial score (nSPS) is 11.7. The van der Waals surface area contributed by atoms with Gasteiger partial charge in [-0.1, -0.05) is 12.1 Å². The molecule has 0 radical (unpaired) electrons. The Kier molecular flexibility index (Phi) is 7.72. The number of hydrazone groups is 1. The second-order valence-electron chi connectivity index (χ2n) is 7.09. The van der Waals surface area contributed by atoms with Gasteiger partial charge >= 0.3 is 0 Å². The molecule has 174 valence electrons. The predicted molar refractivity (Wildman–Crippen MR) is 138 cm³/mol. The Morgan fingerprint density at radius 2 is 1.76 bits per heavy atom. The number of thiazole rings is 1. The lowest BCUT2D eigenvalue weighted by Crippen LogP contribution is -2.18. The molecule has 0 aliphatic heterocycles. The monoisotopic (exact) mass is 474 g/mol. The van der Waals surface area contributed by atoms with Gasteiger partial charge in [0.05, 0.1) is 42.4 Å². The molecule has 34 heavy (non-hydrogen) atoms. The molecule has 4 rings (SSSR count). The Hall–Kier alpha value is -3.91. The third-order valence-corrected chi connectivity index (χ3v) is 5.80. The first-order chi connectivity index (χ1) is 16.7. The number of ether oxygens (including phenoxy) is 3. The molecular formula is C26H26N4O3S. The second-order valence-corrected chi connectivity index (χ2v) is 8.12. The minimum Gasteiger partial charge on any atom is -0.494 e. The van der Waals surface area contributed by atoms with Crippen molar-refractivity contribution in [1.82, 2.24) is 10.4 Å². The fourth-order valence-corrected chi connectivity index (χ4v) is 4.12. The minimum absolute atomic E-state index is 0.555. The summed E-state index contributed by atoms with van der Waals surface area (Å²) in [5.74, 6) is 2.71. The fourth-order valence-electron chi connectivity index (χ4n) is 3.21. The van der Waals surface area contributed by atoms with Crippen LogP contribution in [0.3, 0.4) is 0 Å². The summed E-state index contributed by atoms with van der Waals surface area (Å²) in [6.07, 6.45) is 1.71. The highest BCUT2D eigenvalue weighted by molar-refractivity contribution is 7.20. The first-order valence-electron chi connectivity index (χ1n) is 11.0. The number of hydrogen-bond acceptors (Lipinski definition) is 7. The SMILES string of the molecule is CCOc1ccc(N=C(N/N=C/c2ccc(OCC)c(OC)c2)c2nc3ccccc3s2)cc1. The maximum absolute atomic E-state index is 5.58. The van der Waals surface area contributed by atoms with E-state index < -0.39 is 0 Å². The number of fused-ring (bicyclic) bond motifs is 1. The zero-order chi connectivity index (χ0) is 23.8. The first kappa shape index (κ1) is 23.3. The lowest BCUT2D eigenvalue weighted by Gasteiger charge is -2.09. The Labute approximate surface area is 202 Å². The molecule has 0 fully saturated rings. The number of methoxy groups -OCH3 is 1. The molecule has 0 saturated carbocycles. The largest absolute Gasteiger partial charge is 0.494 e. The number of aliphatic imine (C=N–C) groups is 1. The van der Waals surface area contributed by atoms with E-state index in [9.17, 15) is 0 Å². The standard InChI is InChI=1S/C26H26N4O3S/c1-4-32-20-13-11-19(12-14-20)28-25(26-29-21-8-6-7-9-24(21)34-26)30-27-17-18-10-15-22(33-5-2)23(16-18)31-3/h6-17H,4-5H2,1-3H3,(H,28,30)/b27-17+. The van der Waals surface area contributed by atoms with E-state index in [1.807, 2.05) is 80.6 Å². The van der Waals surface area contributed by atoms with Gasteiger partial charge in [0.15, 0.2) is 22.3 Å². The summed E-state index contributed by atoms with van der Waals surface area (Å²) in [5, 5.41) is 5.17. The summed E-state index contributed by atoms with van der Waals surface area (Å²) in [4.78, 5) is 9.50. The molecular weight excluding hydrogens is 448 g/mol. The van der Waals surface area contributed by atoms with E-state index in [1.165, 1.54) is 0 Å². The van der Waals surface area contributed by atoms with Crippen molar-refractivity contribution >= 4 is 39.3 Å². The predicted octanol–water partition coefficient (Wildman–Crippen LogP) is 5.80. The lowest BCUT2D eigenvalue weighted by atomic mass is 10.2. The van der Waals surface area contributed by atoms with Gasteiger partial charge in [-0.05, 0) is 74.0 Å². The molecule has 3 aromatic carbocycles. The van der Waals surface area contributed by atoms with Gasteiger partial charge in [0, 0.05) is 0 Å². The van der Waals surface area contributed by atoms with Gasteiger partial charge in [-0.2, -0.15) is 5.10 Å². The van der Waals surface area contributed by atoms with Gasteiger partial charge in [-0.25, -0.2) is 9.98 Å². The molecule has 4 aromatic rings. The molecule has 8 heteroatoms. The summed E-state index contributed by atoms with van der Waals surface area (Å²) in [6, 6.07) is 21.3. The third-order valence-electron chi connectivity index (χ3n) is 4.76. The van der Waals surface area contributed by atoms with E-state index in [0.29, 0.717) is 30.5 Å². The van der Waals surface area contributed by atoms with Crippen LogP contribution in [0.4, 0.5) is 5.69 Å². The molecule has 0 saturated heterocycles. The topological polar surface area (TPSA) is 77.3 Å². The van der Waals surface area contributed by atoms with E-state index in [-0.39, 0.29) is 0 Å². The number of benzene rings is 3. The van der Waals surface area contributed by atoms with E-state index in [0.717, 1.165) is 32.2 Å². The van der Waals surface area contributed by atoms with E-state index in [1.54, 1.807) is 24.7 Å². The number of hydrogen-bond donors (Lipinski definition) is 1. The second kappa shape index (κ2) is 11.3. The van der Waals surface area contributed by atoms with Gasteiger partial charge in [0.1, 0.15) is 5.75 Å². The highest BCUT2D eigenvalue weighted by Gasteiger charge is 2.11. The number of aromatic nitrogens is 1. The summed E-state index contributed by atoms with van der Waals surface area (Å²) >= 11 is 1.56. The van der Waals surface area contributed by atoms with Crippen molar-refractivity contribution in [3.05, 3.63) is 77.3 Å². The molecule has 1 aromatic heterocycles. The zero-order valence-electron chi connectivity index (χ0n) is 19.3. The van der Waals surface area contributed by atoms with E-state index >= 15 is 0 Å². The van der Waals surface area contributed by atoms with Crippen molar-refractivity contribution < 1.29 is 14.2 Å². The summed E-state index contributed by atoms with van der Waals surface area (Å²) in [7, 11) is 1.62.